The van der Waals surface area contributed by atoms with E-state index >= 15 is 0 Å². The van der Waals surface area contributed by atoms with Crippen molar-refractivity contribution in [3.8, 4) is 0 Å². The Labute approximate surface area is 170 Å². The Morgan fingerprint density at radius 3 is 2.86 bits per heavy atom. The molecule has 4 atom stereocenters. The highest BCUT2D eigenvalue weighted by molar-refractivity contribution is 6.05. The fourth-order valence-electron chi connectivity index (χ4n) is 5.29. The van der Waals surface area contributed by atoms with E-state index in [1.807, 2.05) is 18.2 Å². The normalized spacial score (nSPS) is 31.6. The predicted molar refractivity (Wildman–Crippen MR) is 107 cm³/mol. The molecule has 3 heterocycles. The highest BCUT2D eigenvalue weighted by Crippen LogP contribution is 2.40. The van der Waals surface area contributed by atoms with Gasteiger partial charge in [-0.2, -0.15) is 0 Å². The molecule has 5 rings (SSSR count). The lowest BCUT2D eigenvalue weighted by Gasteiger charge is -2.29. The van der Waals surface area contributed by atoms with Crippen LogP contribution < -0.4 is 16.0 Å². The number of hydrogen-bond acceptors (Lipinski definition) is 5. The fraction of sp³-hybridized carbons (Fsp3) is 0.591. The Bertz CT molecular complexity index is 848. The smallest absolute Gasteiger partial charge is 0.255 e. The third-order valence-corrected chi connectivity index (χ3v) is 6.97. The van der Waals surface area contributed by atoms with Crippen molar-refractivity contribution < 1.29 is 14.4 Å². The standard InChI is InChI=1S/C22H28N4O3/c27-19-7-6-18(21(28)25-19)26-12-15-4-1-3-14(20(15)22(26)29)11-24-17-9-16(17)13-5-2-8-23-10-13/h1,3-4,13,16-18,23-24H,2,5-12H2,(H,25,27,28). The highest BCUT2D eigenvalue weighted by Gasteiger charge is 2.43. The first-order valence-electron chi connectivity index (χ1n) is 10.8. The molecule has 4 unspecified atom stereocenters. The molecule has 7 nitrogen and oxygen atoms in total. The van der Waals surface area contributed by atoms with Gasteiger partial charge >= 0.3 is 0 Å². The van der Waals surface area contributed by atoms with E-state index in [1.54, 1.807) is 4.90 Å². The second kappa shape index (κ2) is 7.54. The first-order chi connectivity index (χ1) is 14.1. The summed E-state index contributed by atoms with van der Waals surface area (Å²) in [4.78, 5) is 38.4. The van der Waals surface area contributed by atoms with E-state index in [-0.39, 0.29) is 24.1 Å². The molecule has 1 aliphatic carbocycles. The van der Waals surface area contributed by atoms with Crippen LogP contribution in [0.4, 0.5) is 0 Å². The zero-order valence-electron chi connectivity index (χ0n) is 16.6. The molecule has 154 valence electrons. The number of piperidine rings is 2. The molecule has 2 saturated heterocycles. The van der Waals surface area contributed by atoms with E-state index in [2.05, 4.69) is 16.0 Å². The van der Waals surface area contributed by atoms with Gasteiger partial charge in [-0.1, -0.05) is 18.2 Å². The van der Waals surface area contributed by atoms with E-state index in [0.29, 0.717) is 25.6 Å². The third-order valence-electron chi connectivity index (χ3n) is 6.97. The van der Waals surface area contributed by atoms with Crippen molar-refractivity contribution in [1.82, 2.24) is 20.9 Å². The quantitative estimate of drug-likeness (QED) is 0.644. The van der Waals surface area contributed by atoms with Gasteiger partial charge in [-0.3, -0.25) is 19.7 Å². The first-order valence-corrected chi connectivity index (χ1v) is 10.8. The molecular weight excluding hydrogens is 368 g/mol. The molecule has 7 heteroatoms. The summed E-state index contributed by atoms with van der Waals surface area (Å²) in [7, 11) is 0. The van der Waals surface area contributed by atoms with E-state index < -0.39 is 6.04 Å². The average Bonchev–Trinajstić information content (AvgIpc) is 3.43. The fourth-order valence-corrected chi connectivity index (χ4v) is 5.29. The van der Waals surface area contributed by atoms with Gasteiger partial charge in [0.1, 0.15) is 6.04 Å². The lowest BCUT2D eigenvalue weighted by Crippen LogP contribution is -2.52. The molecule has 3 fully saturated rings. The molecule has 3 aliphatic heterocycles. The van der Waals surface area contributed by atoms with Gasteiger partial charge in [0.25, 0.3) is 5.91 Å². The van der Waals surface area contributed by atoms with Crippen LogP contribution in [0.3, 0.4) is 0 Å². The second-order valence-corrected chi connectivity index (χ2v) is 8.84. The molecule has 0 spiro atoms. The summed E-state index contributed by atoms with van der Waals surface area (Å²) in [5.74, 6) is 0.815. The molecule has 1 aromatic rings. The number of benzene rings is 1. The van der Waals surface area contributed by atoms with E-state index in [9.17, 15) is 14.4 Å². The van der Waals surface area contributed by atoms with E-state index in [0.717, 1.165) is 41.6 Å². The van der Waals surface area contributed by atoms with Gasteiger partial charge in [-0.25, -0.2) is 0 Å². The summed E-state index contributed by atoms with van der Waals surface area (Å²) in [6.07, 6.45) is 4.49. The number of rotatable bonds is 5. The third kappa shape index (κ3) is 3.57. The van der Waals surface area contributed by atoms with Crippen LogP contribution in [0.5, 0.6) is 0 Å². The van der Waals surface area contributed by atoms with E-state index in [4.69, 9.17) is 0 Å². The molecule has 0 aromatic heterocycles. The number of nitrogens with one attached hydrogen (secondary N) is 3. The highest BCUT2D eigenvalue weighted by atomic mass is 16.2. The molecule has 3 amide bonds. The predicted octanol–water partition coefficient (Wildman–Crippen LogP) is 0.925. The number of imide groups is 1. The van der Waals surface area contributed by atoms with Gasteiger partial charge in [-0.05, 0) is 61.7 Å². The van der Waals surface area contributed by atoms with Gasteiger partial charge < -0.3 is 15.5 Å². The lowest BCUT2D eigenvalue weighted by molar-refractivity contribution is -0.136. The van der Waals surface area contributed by atoms with Crippen LogP contribution >= 0.6 is 0 Å². The van der Waals surface area contributed by atoms with Crippen LogP contribution in [0, 0.1) is 11.8 Å². The van der Waals surface area contributed by atoms with Gasteiger partial charge in [0.2, 0.25) is 11.8 Å². The van der Waals surface area contributed by atoms with Crippen LogP contribution in [0.1, 0.15) is 53.6 Å². The van der Waals surface area contributed by atoms with E-state index in [1.165, 1.54) is 19.3 Å². The van der Waals surface area contributed by atoms with Crippen LogP contribution in [-0.2, 0) is 22.7 Å². The zero-order valence-corrected chi connectivity index (χ0v) is 16.6. The minimum Gasteiger partial charge on any atom is -0.322 e. The summed E-state index contributed by atoms with van der Waals surface area (Å²) in [5, 5.41) is 9.52. The summed E-state index contributed by atoms with van der Waals surface area (Å²) >= 11 is 0. The molecule has 0 radical (unpaired) electrons. The van der Waals surface area contributed by atoms with Gasteiger partial charge in [-0.15, -0.1) is 0 Å². The van der Waals surface area contributed by atoms with Gasteiger partial charge in [0, 0.05) is 31.1 Å². The SMILES string of the molecule is O=C1CCC(N2Cc3cccc(CNC4CC4C4CCCNC4)c3C2=O)C(=O)N1. The monoisotopic (exact) mass is 396 g/mol. The van der Waals surface area contributed by atoms with Crippen molar-refractivity contribution in [3.63, 3.8) is 0 Å². The molecule has 29 heavy (non-hydrogen) atoms. The molecule has 4 aliphatic rings. The minimum atomic E-state index is -0.556. The molecule has 1 saturated carbocycles. The molecule has 3 N–H and O–H groups in total. The Balaban J connectivity index is 1.24. The second-order valence-electron chi connectivity index (χ2n) is 8.84. The van der Waals surface area contributed by atoms with Crippen molar-refractivity contribution in [2.45, 2.75) is 57.3 Å². The van der Waals surface area contributed by atoms with Gasteiger partial charge in [0.05, 0.1) is 0 Å². The topological polar surface area (TPSA) is 90.5 Å². The number of carbonyl (C=O) groups excluding carboxylic acids is 3. The Morgan fingerprint density at radius 1 is 1.17 bits per heavy atom. The number of hydrogen-bond donors (Lipinski definition) is 3. The van der Waals surface area contributed by atoms with Crippen LogP contribution in [0.25, 0.3) is 0 Å². The summed E-state index contributed by atoms with van der Waals surface area (Å²) < 4.78 is 0. The Morgan fingerprint density at radius 2 is 2.07 bits per heavy atom. The van der Waals surface area contributed by atoms with Crippen LogP contribution in [-0.4, -0.2) is 47.8 Å². The number of amides is 3. The maximum Gasteiger partial charge on any atom is 0.255 e. The average molecular weight is 396 g/mol. The summed E-state index contributed by atoms with van der Waals surface area (Å²) in [6, 6.07) is 5.96. The van der Waals surface area contributed by atoms with Crippen molar-refractivity contribution in [2.75, 3.05) is 13.1 Å². The number of carbonyl (C=O) groups is 3. The Hall–Kier alpha value is -2.25. The maximum atomic E-state index is 13.1. The van der Waals surface area contributed by atoms with Crippen LogP contribution in [0.2, 0.25) is 0 Å². The largest absolute Gasteiger partial charge is 0.322 e. The van der Waals surface area contributed by atoms with Crippen LogP contribution in [0.15, 0.2) is 18.2 Å². The van der Waals surface area contributed by atoms with Crippen molar-refractivity contribution in [3.05, 3.63) is 34.9 Å². The summed E-state index contributed by atoms with van der Waals surface area (Å²) in [5.41, 5.74) is 2.72. The molecule has 0 bridgehead atoms. The van der Waals surface area contributed by atoms with Gasteiger partial charge in [0.15, 0.2) is 0 Å². The number of nitrogens with zero attached hydrogens (tertiary/aromatic N) is 1. The van der Waals surface area contributed by atoms with Crippen molar-refractivity contribution in [2.24, 2.45) is 11.8 Å². The lowest BCUT2D eigenvalue weighted by atomic mass is 9.94. The molecular formula is C22H28N4O3. The summed E-state index contributed by atoms with van der Waals surface area (Å²) in [6.45, 7) is 3.39. The Kier molecular flexibility index (Phi) is 4.87. The van der Waals surface area contributed by atoms with Crippen molar-refractivity contribution >= 4 is 17.7 Å². The zero-order chi connectivity index (χ0) is 20.0. The minimum absolute atomic E-state index is 0.0873. The first kappa shape index (κ1) is 18.8. The number of fused-ring (bicyclic) bond motifs is 1. The molecule has 1 aromatic carbocycles. The van der Waals surface area contributed by atoms with Crippen molar-refractivity contribution in [1.29, 1.82) is 0 Å². The maximum absolute atomic E-state index is 13.1.